The van der Waals surface area contributed by atoms with E-state index in [1.165, 1.54) is 18.3 Å². The van der Waals surface area contributed by atoms with E-state index in [2.05, 4.69) is 15.3 Å². The minimum absolute atomic E-state index is 0.0724. The molecule has 2 amide bonds. The van der Waals surface area contributed by atoms with Gasteiger partial charge >= 0.3 is 0 Å². The van der Waals surface area contributed by atoms with Gasteiger partial charge in [-0.15, -0.1) is 0 Å². The Balaban J connectivity index is 1.60. The Bertz CT molecular complexity index is 1260. The van der Waals surface area contributed by atoms with Gasteiger partial charge in [-0.3, -0.25) is 9.59 Å². The van der Waals surface area contributed by atoms with E-state index in [4.69, 9.17) is 23.2 Å². The average Bonchev–Trinajstić information content (AvgIpc) is 3.15. The summed E-state index contributed by atoms with van der Waals surface area (Å²) in [4.78, 5) is 33.7. The molecule has 1 unspecified atom stereocenters. The van der Waals surface area contributed by atoms with Gasteiger partial charge in [-0.05, 0) is 29.8 Å². The van der Waals surface area contributed by atoms with Gasteiger partial charge < -0.3 is 15.2 Å². The second kappa shape index (κ2) is 8.37. The number of hydrogen-bond acceptors (Lipinski definition) is 4. The van der Waals surface area contributed by atoms with Gasteiger partial charge in [-0.2, -0.15) is 5.26 Å². The van der Waals surface area contributed by atoms with Gasteiger partial charge in [0.05, 0.1) is 29.7 Å². The van der Waals surface area contributed by atoms with E-state index in [9.17, 15) is 23.6 Å². The Hall–Kier alpha value is -3.22. The van der Waals surface area contributed by atoms with Crippen LogP contribution in [0.3, 0.4) is 0 Å². The summed E-state index contributed by atoms with van der Waals surface area (Å²) in [6, 6.07) is 8.50. The first-order valence-corrected chi connectivity index (χ1v) is 10.2. The molecule has 0 spiro atoms. The fourth-order valence-electron chi connectivity index (χ4n) is 3.49. The van der Waals surface area contributed by atoms with Crippen LogP contribution in [0.2, 0.25) is 10.0 Å². The number of halogens is 4. The molecule has 3 aromatic rings. The highest BCUT2D eigenvalue weighted by Crippen LogP contribution is 2.28. The predicted octanol–water partition coefficient (Wildman–Crippen LogP) is 3.56. The van der Waals surface area contributed by atoms with E-state index in [1.807, 2.05) is 6.07 Å². The zero-order chi connectivity index (χ0) is 23.0. The van der Waals surface area contributed by atoms with Crippen LogP contribution in [-0.4, -0.2) is 51.7 Å². The third kappa shape index (κ3) is 4.52. The molecule has 7 nitrogen and oxygen atoms in total. The highest BCUT2D eigenvalue weighted by Gasteiger charge is 2.47. The molecule has 32 heavy (non-hydrogen) atoms. The number of likely N-dealkylation sites (tertiary alicyclic amines) is 1. The molecule has 2 aromatic heterocycles. The molecule has 0 bridgehead atoms. The monoisotopic (exact) mass is 477 g/mol. The molecule has 1 fully saturated rings. The smallest absolute Gasteiger partial charge is 0.282 e. The summed E-state index contributed by atoms with van der Waals surface area (Å²) in [6.07, 6.45) is 1.35. The van der Waals surface area contributed by atoms with Crippen LogP contribution in [0.5, 0.6) is 0 Å². The number of alkyl halides is 2. The summed E-state index contributed by atoms with van der Waals surface area (Å²) in [6.45, 7) is -1.45. The van der Waals surface area contributed by atoms with Gasteiger partial charge in [0.1, 0.15) is 17.4 Å². The molecule has 1 saturated heterocycles. The van der Waals surface area contributed by atoms with Crippen LogP contribution in [-0.2, 0) is 11.2 Å². The van der Waals surface area contributed by atoms with E-state index >= 15 is 0 Å². The topological polar surface area (TPSA) is 102 Å². The molecule has 2 N–H and O–H groups in total. The quantitative estimate of drug-likeness (QED) is 0.586. The van der Waals surface area contributed by atoms with Crippen molar-refractivity contribution < 1.29 is 18.4 Å². The zero-order valence-corrected chi connectivity index (χ0v) is 17.8. The number of rotatable bonds is 5. The molecule has 164 valence electrons. The minimum atomic E-state index is -2.95. The number of nitriles is 1. The summed E-state index contributed by atoms with van der Waals surface area (Å²) in [5.74, 6) is -4.25. The third-order valence-corrected chi connectivity index (χ3v) is 5.50. The molecule has 11 heteroatoms. The number of carbonyl (C=O) groups excluding carboxylic acids is 2. The van der Waals surface area contributed by atoms with Crippen LogP contribution in [0.4, 0.5) is 8.78 Å². The molecule has 0 aliphatic carbocycles. The number of H-pyrrole nitrogens is 1. The Morgan fingerprint density at radius 3 is 2.69 bits per heavy atom. The van der Waals surface area contributed by atoms with Crippen molar-refractivity contribution in [2.24, 2.45) is 0 Å². The van der Waals surface area contributed by atoms with Crippen molar-refractivity contribution in [2.45, 2.75) is 18.4 Å². The van der Waals surface area contributed by atoms with Crippen molar-refractivity contribution >= 4 is 46.0 Å². The number of fused-ring (bicyclic) bond motifs is 1. The normalized spacial score (nSPS) is 15.7. The van der Waals surface area contributed by atoms with E-state index < -0.39 is 36.9 Å². The first kappa shape index (κ1) is 22.0. The van der Waals surface area contributed by atoms with Gasteiger partial charge in [0, 0.05) is 23.0 Å². The predicted molar refractivity (Wildman–Crippen MR) is 114 cm³/mol. The lowest BCUT2D eigenvalue weighted by Crippen LogP contribution is -2.63. The first-order chi connectivity index (χ1) is 15.1. The fraction of sp³-hybridized carbons (Fsp3) is 0.238. The molecule has 0 saturated carbocycles. The third-order valence-electron chi connectivity index (χ3n) is 5.06. The summed E-state index contributed by atoms with van der Waals surface area (Å²) in [5.41, 5.74) is 1.23. The number of carbonyl (C=O) groups is 2. The van der Waals surface area contributed by atoms with Crippen molar-refractivity contribution in [3.63, 3.8) is 0 Å². The van der Waals surface area contributed by atoms with Crippen LogP contribution >= 0.6 is 23.2 Å². The van der Waals surface area contributed by atoms with Gasteiger partial charge in [0.2, 0.25) is 5.91 Å². The molecule has 4 rings (SSSR count). The van der Waals surface area contributed by atoms with E-state index in [1.54, 1.807) is 18.2 Å². The van der Waals surface area contributed by atoms with Crippen LogP contribution in [0.15, 0.2) is 36.5 Å². The maximum atomic E-state index is 13.3. The van der Waals surface area contributed by atoms with Crippen LogP contribution in [0, 0.1) is 11.3 Å². The van der Waals surface area contributed by atoms with Crippen molar-refractivity contribution in [2.75, 3.05) is 13.1 Å². The van der Waals surface area contributed by atoms with Gasteiger partial charge in [-0.1, -0.05) is 29.3 Å². The summed E-state index contributed by atoms with van der Waals surface area (Å²) >= 11 is 11.8. The average molecular weight is 478 g/mol. The molecule has 1 atom stereocenters. The number of amides is 2. The summed E-state index contributed by atoms with van der Waals surface area (Å²) in [7, 11) is 0. The lowest BCUT2D eigenvalue weighted by atomic mass is 9.98. The molecule has 1 aliphatic rings. The maximum absolute atomic E-state index is 13.3. The minimum Gasteiger partial charge on any atom is -0.339 e. The van der Waals surface area contributed by atoms with E-state index in [-0.39, 0.29) is 17.7 Å². The highest BCUT2D eigenvalue weighted by molar-refractivity contribution is 6.31. The second-order valence-corrected chi connectivity index (χ2v) is 8.34. The number of benzene rings is 1. The van der Waals surface area contributed by atoms with Crippen LogP contribution in [0.25, 0.3) is 11.0 Å². The molecule has 3 heterocycles. The molecule has 1 aliphatic heterocycles. The number of pyridine rings is 1. The lowest BCUT2D eigenvalue weighted by Gasteiger charge is -2.40. The Morgan fingerprint density at radius 1 is 1.25 bits per heavy atom. The molecule has 0 radical (unpaired) electrons. The summed E-state index contributed by atoms with van der Waals surface area (Å²) in [5, 5.41) is 13.3. The van der Waals surface area contributed by atoms with Crippen LogP contribution < -0.4 is 5.32 Å². The van der Waals surface area contributed by atoms with E-state index in [0.717, 1.165) is 4.90 Å². The Morgan fingerprint density at radius 2 is 2.00 bits per heavy atom. The second-order valence-electron chi connectivity index (χ2n) is 7.47. The molecular weight excluding hydrogens is 463 g/mol. The fourth-order valence-corrected chi connectivity index (χ4v) is 3.82. The SMILES string of the molecule is N#Cc1cc(Cl)ccc1CC(NC(=O)c1cc2cc(Cl)cnc2[nH]1)C(=O)N1CC(F)(F)C1. The van der Waals surface area contributed by atoms with Crippen molar-refractivity contribution in [1.29, 1.82) is 5.26 Å². The first-order valence-electron chi connectivity index (χ1n) is 9.45. The Labute approximate surface area is 190 Å². The number of aromatic amines is 1. The zero-order valence-electron chi connectivity index (χ0n) is 16.3. The largest absolute Gasteiger partial charge is 0.339 e. The number of nitrogens with one attached hydrogen (secondary N) is 2. The number of hydrogen-bond donors (Lipinski definition) is 2. The van der Waals surface area contributed by atoms with Crippen molar-refractivity contribution in [3.8, 4) is 6.07 Å². The molecule has 1 aromatic carbocycles. The van der Waals surface area contributed by atoms with Gasteiger partial charge in [-0.25, -0.2) is 13.8 Å². The summed E-state index contributed by atoms with van der Waals surface area (Å²) < 4.78 is 26.6. The van der Waals surface area contributed by atoms with Crippen molar-refractivity contribution in [1.82, 2.24) is 20.2 Å². The Kier molecular flexibility index (Phi) is 5.75. The number of aromatic nitrogens is 2. The highest BCUT2D eigenvalue weighted by atomic mass is 35.5. The lowest BCUT2D eigenvalue weighted by molar-refractivity contribution is -0.167. The van der Waals surface area contributed by atoms with Gasteiger partial charge in [0.15, 0.2) is 0 Å². The molecular formula is C21H15Cl2F2N5O2. The van der Waals surface area contributed by atoms with E-state index in [0.29, 0.717) is 26.6 Å². The number of nitrogens with zero attached hydrogens (tertiary/aromatic N) is 3. The van der Waals surface area contributed by atoms with Gasteiger partial charge in [0.25, 0.3) is 11.8 Å². The van der Waals surface area contributed by atoms with Crippen LogP contribution in [0.1, 0.15) is 21.6 Å². The van der Waals surface area contributed by atoms with Crippen molar-refractivity contribution in [3.05, 3.63) is 63.4 Å². The maximum Gasteiger partial charge on any atom is 0.282 e. The standard InChI is InChI=1S/C21H15Cl2F2N5O2/c22-14-2-1-11(13(4-14)7-26)5-17(20(32)30-9-21(24,25)10-30)29-19(31)16-6-12-3-15(23)8-27-18(12)28-16/h1-4,6,8,17H,5,9-10H2,(H,27,28)(H,29,31).